The number of piperazine rings is 1. The maximum absolute atomic E-state index is 12.8. The molecule has 1 aliphatic heterocycles. The number of anilines is 1. The van der Waals surface area contributed by atoms with Gasteiger partial charge in [0.25, 0.3) is 0 Å². The van der Waals surface area contributed by atoms with Crippen LogP contribution in [0.1, 0.15) is 27.7 Å². The molecule has 2 heterocycles. The van der Waals surface area contributed by atoms with E-state index in [1.54, 1.807) is 12.0 Å². The molecule has 1 aliphatic rings. The van der Waals surface area contributed by atoms with Crippen LogP contribution in [0.3, 0.4) is 0 Å². The zero-order valence-electron chi connectivity index (χ0n) is 20.2. The van der Waals surface area contributed by atoms with Crippen LogP contribution in [0.15, 0.2) is 36.4 Å². The number of aromatic nitrogens is 2. The van der Waals surface area contributed by atoms with Gasteiger partial charge in [-0.1, -0.05) is 12.1 Å². The molecule has 0 radical (unpaired) electrons. The molecule has 1 saturated heterocycles. The van der Waals surface area contributed by atoms with E-state index in [4.69, 9.17) is 4.74 Å². The van der Waals surface area contributed by atoms with E-state index in [0.29, 0.717) is 32.7 Å². The fourth-order valence-corrected chi connectivity index (χ4v) is 3.61. The first kappa shape index (κ1) is 24.3. The van der Waals surface area contributed by atoms with Crippen LogP contribution in [0.25, 0.3) is 11.3 Å². The first-order valence-corrected chi connectivity index (χ1v) is 11.3. The number of amides is 3. The summed E-state index contributed by atoms with van der Waals surface area (Å²) in [6.07, 6.45) is 0. The minimum absolute atomic E-state index is 0.0417. The van der Waals surface area contributed by atoms with Gasteiger partial charge < -0.3 is 24.8 Å². The van der Waals surface area contributed by atoms with Crippen LogP contribution < -0.4 is 15.0 Å². The predicted octanol–water partition coefficient (Wildman–Crippen LogP) is 2.63. The van der Waals surface area contributed by atoms with E-state index in [0.717, 1.165) is 22.8 Å². The summed E-state index contributed by atoms with van der Waals surface area (Å²) in [6, 6.07) is 11.4. The highest BCUT2D eigenvalue weighted by atomic mass is 16.5. The molecule has 33 heavy (non-hydrogen) atoms. The molecule has 3 rings (SSSR count). The number of likely N-dealkylation sites (N-methyl/N-ethyl adjacent to an activating group) is 1. The first-order chi connectivity index (χ1) is 15.7. The third-order valence-corrected chi connectivity index (χ3v) is 5.45. The number of ether oxygens (including phenoxy) is 1. The molecule has 178 valence electrons. The smallest absolute Gasteiger partial charge is 0.318 e. The summed E-state index contributed by atoms with van der Waals surface area (Å²) < 4.78 is 5.28. The highest BCUT2D eigenvalue weighted by molar-refractivity contribution is 5.84. The highest BCUT2D eigenvalue weighted by Crippen LogP contribution is 2.23. The van der Waals surface area contributed by atoms with Gasteiger partial charge in [0.2, 0.25) is 5.91 Å². The second-order valence-electron chi connectivity index (χ2n) is 9.07. The average molecular weight is 455 g/mol. The van der Waals surface area contributed by atoms with Gasteiger partial charge in [0.05, 0.1) is 12.8 Å². The second-order valence-corrected chi connectivity index (χ2v) is 9.07. The van der Waals surface area contributed by atoms with Crippen molar-refractivity contribution in [1.29, 1.82) is 0 Å². The summed E-state index contributed by atoms with van der Waals surface area (Å²) in [5, 5.41) is 11.7. The van der Waals surface area contributed by atoms with Crippen molar-refractivity contribution in [3.63, 3.8) is 0 Å². The van der Waals surface area contributed by atoms with Crippen molar-refractivity contribution in [3.05, 3.63) is 36.4 Å². The fraction of sp³-hybridized carbons (Fsp3) is 0.500. The Balaban J connectivity index is 1.54. The van der Waals surface area contributed by atoms with E-state index < -0.39 is 0 Å². The fourth-order valence-electron chi connectivity index (χ4n) is 3.61. The van der Waals surface area contributed by atoms with Gasteiger partial charge in [-0.05, 0) is 52.0 Å². The molecule has 0 unspecified atom stereocenters. The highest BCUT2D eigenvalue weighted by Gasteiger charge is 2.26. The molecule has 9 heteroatoms. The summed E-state index contributed by atoms with van der Waals surface area (Å²) in [6.45, 7) is 10.7. The van der Waals surface area contributed by atoms with Gasteiger partial charge in [0.15, 0.2) is 5.82 Å². The van der Waals surface area contributed by atoms with Crippen molar-refractivity contribution >= 4 is 17.8 Å². The van der Waals surface area contributed by atoms with Gasteiger partial charge in [-0.15, -0.1) is 10.2 Å². The Kier molecular flexibility index (Phi) is 7.73. The minimum atomic E-state index is -0.345. The Labute approximate surface area is 195 Å². The maximum atomic E-state index is 12.8. The van der Waals surface area contributed by atoms with E-state index in [1.165, 1.54) is 0 Å². The van der Waals surface area contributed by atoms with Gasteiger partial charge in [-0.25, -0.2) is 4.79 Å². The first-order valence-electron chi connectivity index (χ1n) is 11.3. The van der Waals surface area contributed by atoms with Crippen molar-refractivity contribution < 1.29 is 14.3 Å². The molecule has 9 nitrogen and oxygen atoms in total. The Hall–Kier alpha value is -3.36. The summed E-state index contributed by atoms with van der Waals surface area (Å²) in [5.41, 5.74) is 1.38. The molecular formula is C24H34N6O3. The van der Waals surface area contributed by atoms with Gasteiger partial charge in [0, 0.05) is 43.8 Å². The number of rotatable bonds is 6. The molecule has 0 saturated carbocycles. The van der Waals surface area contributed by atoms with Crippen molar-refractivity contribution in [1.82, 2.24) is 25.3 Å². The standard InChI is InChI=1S/C24H34N6O3/c1-6-28(23(32)25-24(2,3)4)17-22(31)30-14-12-29(13-15-30)21-11-10-20(26-27-21)18-8-7-9-19(16-18)33-5/h7-11,16H,6,12-15,17H2,1-5H3,(H,25,32). The van der Waals surface area contributed by atoms with Crippen LogP contribution in [0.5, 0.6) is 5.75 Å². The summed E-state index contributed by atoms with van der Waals surface area (Å²) in [7, 11) is 1.64. The molecule has 0 bridgehead atoms. The Morgan fingerprint density at radius 2 is 1.82 bits per heavy atom. The van der Waals surface area contributed by atoms with Gasteiger partial charge in [-0.2, -0.15) is 0 Å². The largest absolute Gasteiger partial charge is 0.497 e. The molecule has 1 fully saturated rings. The van der Waals surface area contributed by atoms with E-state index in [1.807, 2.05) is 69.0 Å². The lowest BCUT2D eigenvalue weighted by molar-refractivity contribution is -0.132. The number of nitrogens with zero attached hydrogens (tertiary/aromatic N) is 5. The number of hydrogen-bond donors (Lipinski definition) is 1. The van der Waals surface area contributed by atoms with Gasteiger partial charge in [-0.3, -0.25) is 4.79 Å². The monoisotopic (exact) mass is 454 g/mol. The Bertz CT molecular complexity index is 949. The van der Waals surface area contributed by atoms with E-state index in [-0.39, 0.29) is 24.0 Å². The Morgan fingerprint density at radius 1 is 1.09 bits per heavy atom. The number of benzene rings is 1. The van der Waals surface area contributed by atoms with Crippen molar-refractivity contribution in [2.75, 3.05) is 51.3 Å². The van der Waals surface area contributed by atoms with Crippen molar-refractivity contribution in [2.24, 2.45) is 0 Å². The summed E-state index contributed by atoms with van der Waals surface area (Å²) in [4.78, 5) is 30.7. The molecule has 0 spiro atoms. The van der Waals surface area contributed by atoms with Gasteiger partial charge in [0.1, 0.15) is 12.3 Å². The molecule has 1 N–H and O–H groups in total. The predicted molar refractivity (Wildman–Crippen MR) is 128 cm³/mol. The average Bonchev–Trinajstić information content (AvgIpc) is 2.81. The van der Waals surface area contributed by atoms with Crippen LogP contribution in [-0.2, 0) is 4.79 Å². The van der Waals surface area contributed by atoms with E-state index in [9.17, 15) is 9.59 Å². The molecule has 3 amide bonds. The second kappa shape index (κ2) is 10.5. The normalized spacial score (nSPS) is 14.1. The lowest BCUT2D eigenvalue weighted by Crippen LogP contribution is -2.54. The topological polar surface area (TPSA) is 90.9 Å². The third kappa shape index (κ3) is 6.57. The number of nitrogens with one attached hydrogen (secondary N) is 1. The Morgan fingerprint density at radius 3 is 2.39 bits per heavy atom. The molecule has 1 aromatic heterocycles. The number of carbonyl (C=O) groups is 2. The number of urea groups is 1. The number of hydrogen-bond acceptors (Lipinski definition) is 6. The third-order valence-electron chi connectivity index (χ3n) is 5.45. The van der Waals surface area contributed by atoms with Crippen molar-refractivity contribution in [2.45, 2.75) is 33.2 Å². The number of carbonyl (C=O) groups excluding carboxylic acids is 2. The molecule has 2 aromatic rings. The molecule has 1 aromatic carbocycles. The van der Waals surface area contributed by atoms with Gasteiger partial charge >= 0.3 is 6.03 Å². The van der Waals surface area contributed by atoms with Crippen molar-refractivity contribution in [3.8, 4) is 17.0 Å². The molecule has 0 aliphatic carbocycles. The maximum Gasteiger partial charge on any atom is 0.318 e. The summed E-state index contributed by atoms with van der Waals surface area (Å²) in [5.74, 6) is 1.52. The van der Waals surface area contributed by atoms with Crippen LogP contribution in [0.4, 0.5) is 10.6 Å². The lowest BCUT2D eigenvalue weighted by atomic mass is 10.1. The van der Waals surface area contributed by atoms with Crippen LogP contribution in [0.2, 0.25) is 0 Å². The lowest BCUT2D eigenvalue weighted by Gasteiger charge is -2.36. The zero-order chi connectivity index (χ0) is 24.0. The van der Waals surface area contributed by atoms with Crippen LogP contribution in [0, 0.1) is 0 Å². The van der Waals surface area contributed by atoms with E-state index >= 15 is 0 Å². The van der Waals surface area contributed by atoms with Crippen LogP contribution >= 0.6 is 0 Å². The SMILES string of the molecule is CCN(CC(=O)N1CCN(c2ccc(-c3cccc(OC)c3)nn2)CC1)C(=O)NC(C)(C)C. The number of methoxy groups -OCH3 is 1. The summed E-state index contributed by atoms with van der Waals surface area (Å²) >= 11 is 0. The zero-order valence-corrected chi connectivity index (χ0v) is 20.2. The minimum Gasteiger partial charge on any atom is -0.497 e. The van der Waals surface area contributed by atoms with Crippen LogP contribution in [-0.4, -0.2) is 83.9 Å². The van der Waals surface area contributed by atoms with E-state index in [2.05, 4.69) is 20.4 Å². The quantitative estimate of drug-likeness (QED) is 0.722. The molecular weight excluding hydrogens is 420 g/mol. The molecule has 0 atom stereocenters.